The molecule has 0 unspecified atom stereocenters. The van der Waals surface area contributed by atoms with Crippen LogP contribution in [0.5, 0.6) is 5.75 Å². The molecule has 0 spiro atoms. The molecule has 0 aromatic heterocycles. The second kappa shape index (κ2) is 22.6. The molecule has 3 aromatic rings. The molecule has 0 fully saturated rings. The quantitative estimate of drug-likeness (QED) is 0.205. The highest BCUT2D eigenvalue weighted by molar-refractivity contribution is 5.33. The van der Waals surface area contributed by atoms with Gasteiger partial charge in [-0.2, -0.15) is 0 Å². The van der Waals surface area contributed by atoms with Crippen LogP contribution in [0, 0.1) is 5.92 Å². The number of ether oxygens (including phenoxy) is 3. The fraction of sp³-hybridized carbons (Fsp3) is 0.471. The average Bonchev–Trinajstić information content (AvgIpc) is 2.94. The minimum atomic E-state index is 0.712. The maximum Gasteiger partial charge on any atom is 0.122 e. The largest absolute Gasteiger partial charge is 0.493 e. The minimum Gasteiger partial charge on any atom is -0.493 e. The summed E-state index contributed by atoms with van der Waals surface area (Å²) in [7, 11) is 1.73. The van der Waals surface area contributed by atoms with E-state index in [1.54, 1.807) is 7.11 Å². The van der Waals surface area contributed by atoms with Gasteiger partial charge in [0.1, 0.15) is 5.75 Å². The fourth-order valence-electron chi connectivity index (χ4n) is 3.53. The zero-order valence-corrected chi connectivity index (χ0v) is 24.0. The summed E-state index contributed by atoms with van der Waals surface area (Å²) < 4.78 is 16.0. The molecule has 3 nitrogen and oxygen atoms in total. The van der Waals surface area contributed by atoms with Crippen LogP contribution < -0.4 is 4.74 Å². The lowest BCUT2D eigenvalue weighted by Gasteiger charge is -2.11. The van der Waals surface area contributed by atoms with Crippen molar-refractivity contribution in [1.29, 1.82) is 0 Å². The predicted molar refractivity (Wildman–Crippen MR) is 159 cm³/mol. The number of methoxy groups -OCH3 is 1. The fourth-order valence-corrected chi connectivity index (χ4v) is 3.53. The van der Waals surface area contributed by atoms with Crippen LogP contribution in [-0.4, -0.2) is 33.5 Å². The Morgan fingerprint density at radius 3 is 1.81 bits per heavy atom. The van der Waals surface area contributed by atoms with Crippen molar-refractivity contribution in [2.24, 2.45) is 5.92 Å². The Bertz CT molecular complexity index is 878. The van der Waals surface area contributed by atoms with Gasteiger partial charge in [0.05, 0.1) is 13.2 Å². The van der Waals surface area contributed by atoms with E-state index in [-0.39, 0.29) is 0 Å². The van der Waals surface area contributed by atoms with Gasteiger partial charge in [-0.1, -0.05) is 99.6 Å². The van der Waals surface area contributed by atoms with E-state index in [4.69, 9.17) is 14.2 Å². The summed E-state index contributed by atoms with van der Waals surface area (Å²) in [6.45, 7) is 12.0. The van der Waals surface area contributed by atoms with Crippen molar-refractivity contribution in [1.82, 2.24) is 0 Å². The molecule has 0 aliphatic carbocycles. The molecule has 204 valence electrons. The van der Waals surface area contributed by atoms with E-state index >= 15 is 0 Å². The maximum absolute atomic E-state index is 5.74. The Morgan fingerprint density at radius 2 is 1.24 bits per heavy atom. The number of para-hydroxylation sites is 1. The van der Waals surface area contributed by atoms with E-state index in [9.17, 15) is 0 Å². The molecular formula is C34H50O3. The van der Waals surface area contributed by atoms with E-state index < -0.39 is 0 Å². The van der Waals surface area contributed by atoms with Gasteiger partial charge in [-0.15, -0.1) is 0 Å². The lowest BCUT2D eigenvalue weighted by atomic mass is 10.1. The van der Waals surface area contributed by atoms with Gasteiger partial charge in [0.15, 0.2) is 0 Å². The number of hydrogen-bond acceptors (Lipinski definition) is 3. The third-order valence-corrected chi connectivity index (χ3v) is 5.80. The molecule has 0 aliphatic heterocycles. The highest BCUT2D eigenvalue weighted by Crippen LogP contribution is 2.18. The molecule has 0 saturated heterocycles. The van der Waals surface area contributed by atoms with Crippen LogP contribution in [0.3, 0.4) is 0 Å². The molecular weight excluding hydrogens is 456 g/mol. The van der Waals surface area contributed by atoms with Crippen LogP contribution in [0.4, 0.5) is 0 Å². The number of hydrogen-bond donors (Lipinski definition) is 0. The van der Waals surface area contributed by atoms with Crippen LogP contribution in [0.2, 0.25) is 0 Å². The summed E-state index contributed by atoms with van der Waals surface area (Å²) in [6, 6.07) is 29.2. The van der Waals surface area contributed by atoms with Crippen molar-refractivity contribution in [2.45, 2.75) is 66.2 Å². The predicted octanol–water partition coefficient (Wildman–Crippen LogP) is 8.60. The molecule has 0 atom stereocenters. The van der Waals surface area contributed by atoms with E-state index in [2.05, 4.69) is 81.4 Å². The number of aryl methyl sites for hydroxylation is 2. The topological polar surface area (TPSA) is 27.7 Å². The SMILES string of the molecule is CCOCCCCc1ccccc1.CCc1ccccc1OCCC(C)C.COCCc1ccccc1. The second-order valence-corrected chi connectivity index (χ2v) is 9.36. The summed E-state index contributed by atoms with van der Waals surface area (Å²) in [5.74, 6) is 1.76. The summed E-state index contributed by atoms with van der Waals surface area (Å²) in [4.78, 5) is 0. The van der Waals surface area contributed by atoms with Crippen molar-refractivity contribution in [3.05, 3.63) is 102 Å². The first-order valence-electron chi connectivity index (χ1n) is 14.0. The van der Waals surface area contributed by atoms with Crippen molar-refractivity contribution in [3.8, 4) is 5.75 Å². The van der Waals surface area contributed by atoms with Crippen LogP contribution >= 0.6 is 0 Å². The maximum atomic E-state index is 5.74. The molecule has 3 heteroatoms. The molecule has 3 rings (SSSR count). The van der Waals surface area contributed by atoms with E-state index in [1.807, 2.05) is 31.2 Å². The Balaban J connectivity index is 0.000000281. The molecule has 0 amide bonds. The van der Waals surface area contributed by atoms with Gasteiger partial charge < -0.3 is 14.2 Å². The van der Waals surface area contributed by atoms with Crippen LogP contribution in [0.15, 0.2) is 84.9 Å². The van der Waals surface area contributed by atoms with Gasteiger partial charge in [-0.05, 0) is 74.1 Å². The van der Waals surface area contributed by atoms with Gasteiger partial charge >= 0.3 is 0 Å². The lowest BCUT2D eigenvalue weighted by molar-refractivity contribution is 0.143. The Morgan fingerprint density at radius 1 is 0.649 bits per heavy atom. The van der Waals surface area contributed by atoms with Gasteiger partial charge in [0.2, 0.25) is 0 Å². The highest BCUT2D eigenvalue weighted by Gasteiger charge is 2.01. The third-order valence-electron chi connectivity index (χ3n) is 5.80. The molecule has 0 saturated carbocycles. The van der Waals surface area contributed by atoms with Gasteiger partial charge in [0, 0.05) is 20.3 Å². The summed E-state index contributed by atoms with van der Waals surface area (Å²) in [6.07, 6.45) is 6.74. The van der Waals surface area contributed by atoms with Crippen LogP contribution in [0.25, 0.3) is 0 Å². The van der Waals surface area contributed by atoms with Gasteiger partial charge in [-0.3, -0.25) is 0 Å². The van der Waals surface area contributed by atoms with E-state index in [0.29, 0.717) is 5.92 Å². The van der Waals surface area contributed by atoms with Crippen molar-refractivity contribution >= 4 is 0 Å². The number of unbranched alkanes of at least 4 members (excludes halogenated alkanes) is 1. The van der Waals surface area contributed by atoms with E-state index in [1.165, 1.54) is 36.0 Å². The molecule has 0 bridgehead atoms. The van der Waals surface area contributed by atoms with Crippen molar-refractivity contribution in [3.63, 3.8) is 0 Å². The standard InChI is InChI=1S/C13H20O.C12H18O.C9H12O/c1-4-12-7-5-6-8-13(12)14-10-9-11(2)3;1-2-13-11-7-6-10-12-8-4-3-5-9-12;1-10-8-7-9-5-3-2-4-6-9/h5-8,11H,4,9-10H2,1-3H3;3-5,8-9H,2,6-7,10-11H2,1H3;2-6H,7-8H2,1H3. The van der Waals surface area contributed by atoms with Crippen LogP contribution in [-0.2, 0) is 28.7 Å². The number of rotatable bonds is 14. The second-order valence-electron chi connectivity index (χ2n) is 9.36. The first-order chi connectivity index (χ1) is 18.1. The lowest BCUT2D eigenvalue weighted by Crippen LogP contribution is -2.02. The Hall–Kier alpha value is -2.62. The normalized spacial score (nSPS) is 10.2. The Labute approximate surface area is 227 Å². The zero-order valence-electron chi connectivity index (χ0n) is 24.0. The summed E-state index contributed by atoms with van der Waals surface area (Å²) in [5.41, 5.74) is 4.07. The molecule has 0 N–H and O–H groups in total. The first kappa shape index (κ1) is 32.4. The van der Waals surface area contributed by atoms with E-state index in [0.717, 1.165) is 51.4 Å². The third kappa shape index (κ3) is 17.5. The smallest absolute Gasteiger partial charge is 0.122 e. The van der Waals surface area contributed by atoms with Crippen LogP contribution in [0.1, 0.15) is 63.6 Å². The Kier molecular flexibility index (Phi) is 19.8. The first-order valence-corrected chi connectivity index (χ1v) is 14.0. The molecule has 0 radical (unpaired) electrons. The molecule has 0 heterocycles. The highest BCUT2D eigenvalue weighted by atomic mass is 16.5. The molecule has 3 aromatic carbocycles. The molecule has 0 aliphatic rings. The van der Waals surface area contributed by atoms with Crippen molar-refractivity contribution in [2.75, 3.05) is 33.5 Å². The summed E-state index contributed by atoms with van der Waals surface area (Å²) in [5, 5.41) is 0. The monoisotopic (exact) mass is 506 g/mol. The number of benzene rings is 3. The van der Waals surface area contributed by atoms with Crippen molar-refractivity contribution < 1.29 is 14.2 Å². The summed E-state index contributed by atoms with van der Waals surface area (Å²) >= 11 is 0. The molecule has 37 heavy (non-hydrogen) atoms. The zero-order chi connectivity index (χ0) is 27.0. The van der Waals surface area contributed by atoms with Gasteiger partial charge in [0.25, 0.3) is 0 Å². The minimum absolute atomic E-state index is 0.712. The van der Waals surface area contributed by atoms with Gasteiger partial charge in [-0.25, -0.2) is 0 Å². The average molecular weight is 507 g/mol.